The number of halogens is 1. The number of benzene rings is 1. The quantitative estimate of drug-likeness (QED) is 0.793. The zero-order valence-electron chi connectivity index (χ0n) is 9.92. The molecule has 1 saturated carbocycles. The van der Waals surface area contributed by atoms with E-state index in [0.29, 0.717) is 11.1 Å². The van der Waals surface area contributed by atoms with E-state index in [-0.39, 0.29) is 5.60 Å². The Morgan fingerprint density at radius 1 is 1.19 bits per heavy atom. The predicted octanol–water partition coefficient (Wildman–Crippen LogP) is 4.06. The molecule has 2 rings (SSSR count). The molecule has 2 nitrogen and oxygen atoms in total. The molecule has 0 N–H and O–H groups in total. The Balaban J connectivity index is 2.20. The fraction of sp³-hybridized carbons (Fsp3) is 0.538. The first-order valence-corrected chi connectivity index (χ1v) is 5.97. The molecule has 0 spiro atoms. The van der Waals surface area contributed by atoms with E-state index in [0.717, 1.165) is 24.3 Å². The van der Waals surface area contributed by atoms with Gasteiger partial charge >= 0.3 is 0 Å². The summed E-state index contributed by atoms with van der Waals surface area (Å²) in [7, 11) is 0. The van der Waals surface area contributed by atoms with E-state index in [9.17, 15) is 0 Å². The smallest absolute Gasteiger partial charge is 0.163 e. The molecular formula is C13H17ClO2. The molecule has 0 unspecified atom stereocenters. The second-order valence-corrected chi connectivity index (χ2v) is 5.56. The maximum absolute atomic E-state index is 5.96. The molecular weight excluding hydrogens is 224 g/mol. The summed E-state index contributed by atoms with van der Waals surface area (Å²) in [5.74, 6) is 1.52. The fourth-order valence-corrected chi connectivity index (χ4v) is 1.52. The Hall–Kier alpha value is -0.890. The average Bonchev–Trinajstić information content (AvgIpc) is 2.91. The van der Waals surface area contributed by atoms with Gasteiger partial charge in [0.05, 0.1) is 6.10 Å². The lowest BCUT2D eigenvalue weighted by molar-refractivity contribution is 0.122. The lowest BCUT2D eigenvalue weighted by atomic mass is 10.2. The second-order valence-electron chi connectivity index (χ2n) is 5.12. The van der Waals surface area contributed by atoms with Gasteiger partial charge in [-0.15, -0.1) is 0 Å². The van der Waals surface area contributed by atoms with Crippen LogP contribution in [-0.2, 0) is 0 Å². The van der Waals surface area contributed by atoms with Gasteiger partial charge in [-0.05, 0) is 45.7 Å². The summed E-state index contributed by atoms with van der Waals surface area (Å²) >= 11 is 5.96. The molecule has 0 amide bonds. The molecule has 1 aromatic carbocycles. The molecule has 1 fully saturated rings. The van der Waals surface area contributed by atoms with Crippen LogP contribution in [0.5, 0.6) is 11.5 Å². The van der Waals surface area contributed by atoms with Crippen LogP contribution in [0.25, 0.3) is 0 Å². The van der Waals surface area contributed by atoms with Crippen molar-refractivity contribution in [3.05, 3.63) is 23.2 Å². The summed E-state index contributed by atoms with van der Waals surface area (Å²) < 4.78 is 11.6. The van der Waals surface area contributed by atoms with Crippen molar-refractivity contribution in [1.82, 2.24) is 0 Å². The molecule has 88 valence electrons. The maximum atomic E-state index is 5.96. The SMILES string of the molecule is CC(C)(C)Oc1cc(Cl)ccc1OC1CC1. The van der Waals surface area contributed by atoms with Crippen molar-refractivity contribution in [2.75, 3.05) is 0 Å². The Labute approximate surface area is 102 Å². The van der Waals surface area contributed by atoms with Crippen molar-refractivity contribution < 1.29 is 9.47 Å². The van der Waals surface area contributed by atoms with Crippen LogP contribution in [0.4, 0.5) is 0 Å². The third-order valence-corrected chi connectivity index (χ3v) is 2.38. The average molecular weight is 241 g/mol. The topological polar surface area (TPSA) is 18.5 Å². The van der Waals surface area contributed by atoms with Crippen molar-refractivity contribution in [3.8, 4) is 11.5 Å². The van der Waals surface area contributed by atoms with E-state index in [4.69, 9.17) is 21.1 Å². The van der Waals surface area contributed by atoms with Crippen molar-refractivity contribution >= 4 is 11.6 Å². The first-order valence-electron chi connectivity index (χ1n) is 5.59. The summed E-state index contributed by atoms with van der Waals surface area (Å²) in [6.45, 7) is 6.03. The summed E-state index contributed by atoms with van der Waals surface area (Å²) in [6, 6.07) is 5.51. The van der Waals surface area contributed by atoms with E-state index in [1.807, 2.05) is 39.0 Å². The monoisotopic (exact) mass is 240 g/mol. The Bertz CT molecular complexity index is 378. The van der Waals surface area contributed by atoms with E-state index in [2.05, 4.69) is 0 Å². The van der Waals surface area contributed by atoms with Crippen LogP contribution in [-0.4, -0.2) is 11.7 Å². The highest BCUT2D eigenvalue weighted by molar-refractivity contribution is 6.30. The lowest BCUT2D eigenvalue weighted by Crippen LogP contribution is -2.23. The third kappa shape index (κ3) is 3.31. The first-order chi connectivity index (χ1) is 7.44. The highest BCUT2D eigenvalue weighted by Gasteiger charge is 2.25. The lowest BCUT2D eigenvalue weighted by Gasteiger charge is -2.23. The molecule has 0 aliphatic heterocycles. The molecule has 16 heavy (non-hydrogen) atoms. The molecule has 0 aromatic heterocycles. The zero-order valence-corrected chi connectivity index (χ0v) is 10.7. The molecule has 0 saturated heterocycles. The maximum Gasteiger partial charge on any atom is 0.163 e. The van der Waals surface area contributed by atoms with Crippen molar-refractivity contribution in [2.45, 2.75) is 45.3 Å². The molecule has 1 aliphatic rings. The summed E-state index contributed by atoms with van der Waals surface area (Å²) in [5, 5.41) is 0.669. The number of hydrogen-bond donors (Lipinski definition) is 0. The van der Waals surface area contributed by atoms with E-state index >= 15 is 0 Å². The largest absolute Gasteiger partial charge is 0.487 e. The normalized spacial score (nSPS) is 16.0. The van der Waals surface area contributed by atoms with Crippen molar-refractivity contribution in [1.29, 1.82) is 0 Å². The third-order valence-electron chi connectivity index (χ3n) is 2.14. The van der Waals surface area contributed by atoms with Crippen LogP contribution >= 0.6 is 11.6 Å². The molecule has 1 aliphatic carbocycles. The fourth-order valence-electron chi connectivity index (χ4n) is 1.35. The van der Waals surface area contributed by atoms with Gasteiger partial charge in [-0.25, -0.2) is 0 Å². The van der Waals surface area contributed by atoms with Gasteiger partial charge in [0.2, 0.25) is 0 Å². The molecule has 0 heterocycles. The van der Waals surface area contributed by atoms with Gasteiger partial charge in [0.15, 0.2) is 11.5 Å². The standard InChI is InChI=1S/C13H17ClO2/c1-13(2,3)16-12-8-9(14)4-7-11(12)15-10-5-6-10/h4,7-8,10H,5-6H2,1-3H3. The summed E-state index contributed by atoms with van der Waals surface area (Å²) in [4.78, 5) is 0. The van der Waals surface area contributed by atoms with Crippen LogP contribution in [0.1, 0.15) is 33.6 Å². The Kier molecular flexibility index (Phi) is 3.02. The molecule has 0 atom stereocenters. The predicted molar refractivity (Wildman–Crippen MR) is 65.5 cm³/mol. The van der Waals surface area contributed by atoms with Crippen molar-refractivity contribution in [3.63, 3.8) is 0 Å². The van der Waals surface area contributed by atoms with Gasteiger partial charge in [-0.1, -0.05) is 11.6 Å². The minimum atomic E-state index is -0.244. The zero-order chi connectivity index (χ0) is 11.8. The van der Waals surface area contributed by atoms with Crippen LogP contribution in [0.2, 0.25) is 5.02 Å². The van der Waals surface area contributed by atoms with Crippen LogP contribution in [0.3, 0.4) is 0 Å². The van der Waals surface area contributed by atoms with E-state index in [1.165, 1.54) is 0 Å². The molecule has 0 bridgehead atoms. The van der Waals surface area contributed by atoms with Crippen molar-refractivity contribution in [2.24, 2.45) is 0 Å². The number of ether oxygens (including phenoxy) is 2. The minimum Gasteiger partial charge on any atom is -0.487 e. The number of hydrogen-bond acceptors (Lipinski definition) is 2. The van der Waals surface area contributed by atoms with Gasteiger partial charge in [0, 0.05) is 11.1 Å². The van der Waals surface area contributed by atoms with Crippen LogP contribution < -0.4 is 9.47 Å². The van der Waals surface area contributed by atoms with Gasteiger partial charge in [-0.2, -0.15) is 0 Å². The summed E-state index contributed by atoms with van der Waals surface area (Å²) in [6.07, 6.45) is 2.64. The highest BCUT2D eigenvalue weighted by Crippen LogP contribution is 2.36. The Morgan fingerprint density at radius 2 is 1.88 bits per heavy atom. The van der Waals surface area contributed by atoms with Gasteiger partial charge in [-0.3, -0.25) is 0 Å². The Morgan fingerprint density at radius 3 is 2.44 bits per heavy atom. The van der Waals surface area contributed by atoms with E-state index in [1.54, 1.807) is 0 Å². The van der Waals surface area contributed by atoms with Gasteiger partial charge < -0.3 is 9.47 Å². The molecule has 1 aromatic rings. The van der Waals surface area contributed by atoms with Crippen LogP contribution in [0, 0.1) is 0 Å². The van der Waals surface area contributed by atoms with Gasteiger partial charge in [0.25, 0.3) is 0 Å². The van der Waals surface area contributed by atoms with Gasteiger partial charge in [0.1, 0.15) is 5.60 Å². The van der Waals surface area contributed by atoms with Crippen LogP contribution in [0.15, 0.2) is 18.2 Å². The minimum absolute atomic E-state index is 0.244. The number of rotatable bonds is 3. The molecule has 0 radical (unpaired) electrons. The second kappa shape index (κ2) is 4.17. The highest BCUT2D eigenvalue weighted by atomic mass is 35.5. The van der Waals surface area contributed by atoms with E-state index < -0.39 is 0 Å². The molecule has 3 heteroatoms. The summed E-state index contributed by atoms with van der Waals surface area (Å²) in [5.41, 5.74) is -0.244. The first kappa shape index (κ1) is 11.6.